The van der Waals surface area contributed by atoms with Crippen LogP contribution in [-0.2, 0) is 0 Å². The summed E-state index contributed by atoms with van der Waals surface area (Å²) in [6.45, 7) is 9.42. The smallest absolute Gasteiger partial charge is 0.119 e. The Balaban J connectivity index is 2.99. The number of nitrogens with two attached hydrogens (primary N) is 2. The Bertz CT molecular complexity index is 372. The van der Waals surface area contributed by atoms with Crippen molar-refractivity contribution in [1.82, 2.24) is 0 Å². The van der Waals surface area contributed by atoms with Crippen LogP contribution in [0, 0.1) is 0 Å². The molecular formula is C12H17N3. The molecule has 1 aliphatic heterocycles. The molecule has 0 fully saturated rings. The van der Waals surface area contributed by atoms with Crippen molar-refractivity contribution in [1.29, 1.82) is 0 Å². The molecule has 1 rings (SSSR count). The second-order valence-corrected chi connectivity index (χ2v) is 3.47. The molecule has 15 heavy (non-hydrogen) atoms. The van der Waals surface area contributed by atoms with E-state index in [-0.39, 0.29) is 6.04 Å². The minimum atomic E-state index is -0.111. The van der Waals surface area contributed by atoms with E-state index >= 15 is 0 Å². The van der Waals surface area contributed by atoms with Gasteiger partial charge in [-0.2, -0.15) is 0 Å². The molecule has 0 aromatic heterocycles. The van der Waals surface area contributed by atoms with E-state index in [0.29, 0.717) is 11.5 Å². The third kappa shape index (κ3) is 2.59. The molecule has 1 unspecified atom stereocenters. The van der Waals surface area contributed by atoms with Crippen LogP contribution in [0.25, 0.3) is 0 Å². The molecule has 3 nitrogen and oxygen atoms in total. The number of hydrogen-bond acceptors (Lipinski definition) is 3. The largest absolute Gasteiger partial charge is 0.401 e. The molecule has 0 saturated carbocycles. The van der Waals surface area contributed by atoms with E-state index in [1.54, 1.807) is 6.08 Å². The van der Waals surface area contributed by atoms with Crippen LogP contribution in [0.4, 0.5) is 0 Å². The Kier molecular flexibility index (Phi) is 3.50. The minimum absolute atomic E-state index is 0.111. The first-order valence-corrected chi connectivity index (χ1v) is 4.85. The average Bonchev–Trinajstić information content (AvgIpc) is 2.18. The number of dihydropyridines is 1. The van der Waals surface area contributed by atoms with Crippen molar-refractivity contribution >= 4 is 5.84 Å². The zero-order valence-corrected chi connectivity index (χ0v) is 9.03. The van der Waals surface area contributed by atoms with E-state index in [9.17, 15) is 0 Å². The molecule has 0 spiro atoms. The van der Waals surface area contributed by atoms with Crippen molar-refractivity contribution in [3.8, 4) is 0 Å². The topological polar surface area (TPSA) is 64.4 Å². The third-order valence-electron chi connectivity index (χ3n) is 2.37. The Hall–Kier alpha value is -1.77. The molecule has 4 N–H and O–H groups in total. The molecule has 0 aliphatic carbocycles. The SMILES string of the molecule is C=C/C(=C\C)C1=CC(N)=NC(C(=C)N)C1. The lowest BCUT2D eigenvalue weighted by atomic mass is 9.94. The fourth-order valence-corrected chi connectivity index (χ4v) is 1.56. The number of hydrogen-bond donors (Lipinski definition) is 2. The quantitative estimate of drug-likeness (QED) is 0.685. The number of nitrogens with zero attached hydrogens (tertiary/aromatic N) is 1. The van der Waals surface area contributed by atoms with Crippen LogP contribution in [0.5, 0.6) is 0 Å². The Morgan fingerprint density at radius 2 is 2.33 bits per heavy atom. The second kappa shape index (κ2) is 4.64. The number of allylic oxidation sites excluding steroid dienone is 3. The number of aliphatic imine (C=N–C) groups is 1. The van der Waals surface area contributed by atoms with Crippen molar-refractivity contribution in [2.45, 2.75) is 19.4 Å². The summed E-state index contributed by atoms with van der Waals surface area (Å²) in [5.41, 5.74) is 14.1. The van der Waals surface area contributed by atoms with Crippen LogP contribution in [0.2, 0.25) is 0 Å². The maximum Gasteiger partial charge on any atom is 0.119 e. The molecule has 80 valence electrons. The Morgan fingerprint density at radius 1 is 1.67 bits per heavy atom. The zero-order chi connectivity index (χ0) is 11.4. The van der Waals surface area contributed by atoms with E-state index in [1.807, 2.05) is 19.1 Å². The van der Waals surface area contributed by atoms with Gasteiger partial charge < -0.3 is 11.5 Å². The first-order valence-electron chi connectivity index (χ1n) is 4.85. The second-order valence-electron chi connectivity index (χ2n) is 3.47. The van der Waals surface area contributed by atoms with Gasteiger partial charge in [0.15, 0.2) is 0 Å². The molecule has 0 aromatic carbocycles. The summed E-state index contributed by atoms with van der Waals surface area (Å²) in [4.78, 5) is 4.21. The van der Waals surface area contributed by atoms with Gasteiger partial charge in [0.1, 0.15) is 5.84 Å². The van der Waals surface area contributed by atoms with E-state index in [2.05, 4.69) is 18.2 Å². The molecule has 0 amide bonds. The highest BCUT2D eigenvalue weighted by Gasteiger charge is 2.17. The van der Waals surface area contributed by atoms with Gasteiger partial charge in [-0.05, 0) is 24.1 Å². The van der Waals surface area contributed by atoms with Crippen molar-refractivity contribution in [2.24, 2.45) is 16.5 Å². The molecule has 1 atom stereocenters. The fourth-order valence-electron chi connectivity index (χ4n) is 1.56. The van der Waals surface area contributed by atoms with Crippen LogP contribution in [0.1, 0.15) is 13.3 Å². The molecule has 0 radical (unpaired) electrons. The van der Waals surface area contributed by atoms with Gasteiger partial charge in [-0.3, -0.25) is 4.99 Å². The summed E-state index contributed by atoms with van der Waals surface area (Å²) in [5, 5.41) is 0. The summed E-state index contributed by atoms with van der Waals surface area (Å²) >= 11 is 0. The van der Waals surface area contributed by atoms with Gasteiger partial charge in [0, 0.05) is 12.1 Å². The number of amidine groups is 1. The van der Waals surface area contributed by atoms with Crippen molar-refractivity contribution < 1.29 is 0 Å². The Labute approximate surface area is 90.6 Å². The van der Waals surface area contributed by atoms with Crippen LogP contribution in [0.3, 0.4) is 0 Å². The van der Waals surface area contributed by atoms with E-state index in [0.717, 1.165) is 17.6 Å². The highest BCUT2D eigenvalue weighted by atomic mass is 14.9. The van der Waals surface area contributed by atoms with Crippen LogP contribution in [-0.4, -0.2) is 11.9 Å². The molecular weight excluding hydrogens is 186 g/mol. The van der Waals surface area contributed by atoms with Crippen molar-refractivity contribution in [3.05, 3.63) is 48.2 Å². The molecule has 0 aromatic rings. The van der Waals surface area contributed by atoms with Gasteiger partial charge >= 0.3 is 0 Å². The summed E-state index contributed by atoms with van der Waals surface area (Å²) in [6, 6.07) is -0.111. The average molecular weight is 203 g/mol. The zero-order valence-electron chi connectivity index (χ0n) is 9.03. The van der Waals surface area contributed by atoms with E-state index in [1.165, 1.54) is 0 Å². The monoisotopic (exact) mass is 203 g/mol. The van der Waals surface area contributed by atoms with Gasteiger partial charge in [0.05, 0.1) is 6.04 Å². The maximum absolute atomic E-state index is 5.72. The summed E-state index contributed by atoms with van der Waals surface area (Å²) in [7, 11) is 0. The van der Waals surface area contributed by atoms with E-state index in [4.69, 9.17) is 11.5 Å². The van der Waals surface area contributed by atoms with Gasteiger partial charge in [-0.25, -0.2) is 0 Å². The summed E-state index contributed by atoms with van der Waals surface area (Å²) in [5.74, 6) is 0.494. The first-order chi connectivity index (χ1) is 7.08. The van der Waals surface area contributed by atoms with Gasteiger partial charge in [-0.1, -0.05) is 25.3 Å². The fraction of sp³-hybridized carbons (Fsp3) is 0.250. The molecule has 1 heterocycles. The normalized spacial score (nSPS) is 21.7. The predicted molar refractivity (Wildman–Crippen MR) is 65.4 cm³/mol. The lowest BCUT2D eigenvalue weighted by Gasteiger charge is -2.20. The lowest BCUT2D eigenvalue weighted by Crippen LogP contribution is -2.25. The lowest BCUT2D eigenvalue weighted by molar-refractivity contribution is 0.748. The molecule has 3 heteroatoms. The molecule has 1 aliphatic rings. The maximum atomic E-state index is 5.72. The highest BCUT2D eigenvalue weighted by molar-refractivity contribution is 5.94. The summed E-state index contributed by atoms with van der Waals surface area (Å²) in [6.07, 6.45) is 6.40. The van der Waals surface area contributed by atoms with Crippen LogP contribution in [0.15, 0.2) is 53.2 Å². The standard InChI is InChI=1S/C12H17N3/c1-4-9(5-2)10-6-11(8(3)13)15-12(14)7-10/h4-5,7,11H,1,3,6,13H2,2H3,(H2,14,15)/b9-5+. The van der Waals surface area contributed by atoms with Crippen LogP contribution < -0.4 is 11.5 Å². The van der Waals surface area contributed by atoms with E-state index < -0.39 is 0 Å². The van der Waals surface area contributed by atoms with Gasteiger partial charge in [0.2, 0.25) is 0 Å². The Morgan fingerprint density at radius 3 is 2.80 bits per heavy atom. The predicted octanol–water partition coefficient (Wildman–Crippen LogP) is 1.65. The minimum Gasteiger partial charge on any atom is -0.401 e. The van der Waals surface area contributed by atoms with Crippen molar-refractivity contribution in [2.75, 3.05) is 0 Å². The summed E-state index contributed by atoms with van der Waals surface area (Å²) < 4.78 is 0. The van der Waals surface area contributed by atoms with Gasteiger partial charge in [0.25, 0.3) is 0 Å². The molecule has 0 bridgehead atoms. The third-order valence-corrected chi connectivity index (χ3v) is 2.37. The number of rotatable bonds is 3. The van der Waals surface area contributed by atoms with Crippen molar-refractivity contribution in [3.63, 3.8) is 0 Å². The molecule has 0 saturated heterocycles. The van der Waals surface area contributed by atoms with Gasteiger partial charge in [-0.15, -0.1) is 0 Å². The van der Waals surface area contributed by atoms with Crippen LogP contribution >= 0.6 is 0 Å². The highest BCUT2D eigenvalue weighted by Crippen LogP contribution is 2.23. The first kappa shape index (κ1) is 11.3.